The molecule has 0 aliphatic heterocycles. The molecule has 0 spiro atoms. The van der Waals surface area contributed by atoms with Crippen LogP contribution in [0.15, 0.2) is 41.5 Å². The Morgan fingerprint density at radius 2 is 1.94 bits per heavy atom. The second kappa shape index (κ2) is 5.12. The molecule has 1 aliphatic carbocycles. The summed E-state index contributed by atoms with van der Waals surface area (Å²) in [6.45, 7) is 1.88. The number of allylic oxidation sites excluding steroid dienone is 1. The molecule has 0 saturated carbocycles. The first-order valence-corrected chi connectivity index (χ1v) is 5.95. The summed E-state index contributed by atoms with van der Waals surface area (Å²) in [6.07, 6.45) is 1.58. The summed E-state index contributed by atoms with van der Waals surface area (Å²) < 4.78 is 0. The fourth-order valence-electron chi connectivity index (χ4n) is 2.55. The number of carbonyl (C=O) groups is 1. The maximum absolute atomic E-state index is 11.2. The molecular formula is C14H15NO3. The Labute approximate surface area is 105 Å². The third-order valence-electron chi connectivity index (χ3n) is 3.61. The predicted octanol–water partition coefficient (Wildman–Crippen LogP) is 2.72. The van der Waals surface area contributed by atoms with Gasteiger partial charge in [0.05, 0.1) is 5.92 Å². The van der Waals surface area contributed by atoms with E-state index in [4.69, 9.17) is 0 Å². The van der Waals surface area contributed by atoms with Gasteiger partial charge in [-0.1, -0.05) is 35.9 Å². The van der Waals surface area contributed by atoms with E-state index in [0.717, 1.165) is 17.4 Å². The zero-order valence-corrected chi connectivity index (χ0v) is 10.2. The van der Waals surface area contributed by atoms with Gasteiger partial charge in [0, 0.05) is 11.3 Å². The van der Waals surface area contributed by atoms with Gasteiger partial charge in [0.15, 0.2) is 0 Å². The van der Waals surface area contributed by atoms with Crippen molar-refractivity contribution in [2.75, 3.05) is 0 Å². The van der Waals surface area contributed by atoms with E-state index < -0.39 is 6.04 Å². The van der Waals surface area contributed by atoms with Crippen molar-refractivity contribution in [1.29, 1.82) is 0 Å². The molecule has 0 saturated heterocycles. The van der Waals surface area contributed by atoms with Crippen LogP contribution in [0.1, 0.15) is 31.2 Å². The van der Waals surface area contributed by atoms with Crippen LogP contribution in [0.5, 0.6) is 0 Å². The van der Waals surface area contributed by atoms with Crippen LogP contribution in [0.25, 0.3) is 0 Å². The van der Waals surface area contributed by atoms with E-state index in [2.05, 4.69) is 0 Å². The molecule has 0 fully saturated rings. The zero-order valence-electron chi connectivity index (χ0n) is 10.2. The highest BCUT2D eigenvalue weighted by Crippen LogP contribution is 2.37. The van der Waals surface area contributed by atoms with Crippen LogP contribution in [0.2, 0.25) is 0 Å². The molecule has 0 N–H and O–H groups in total. The smallest absolute Gasteiger partial charge is 0.224 e. The first-order chi connectivity index (χ1) is 8.63. The Morgan fingerprint density at radius 1 is 1.28 bits per heavy atom. The average molecular weight is 245 g/mol. The van der Waals surface area contributed by atoms with Crippen molar-refractivity contribution in [2.24, 2.45) is 0 Å². The molecule has 2 atom stereocenters. The molecule has 18 heavy (non-hydrogen) atoms. The van der Waals surface area contributed by atoms with Gasteiger partial charge in [0.25, 0.3) is 0 Å². The molecule has 0 unspecified atom stereocenters. The summed E-state index contributed by atoms with van der Waals surface area (Å²) in [4.78, 5) is 21.8. The van der Waals surface area contributed by atoms with Crippen molar-refractivity contribution >= 4 is 6.29 Å². The standard InChI is InChI=1S/C14H15NO3/c1-10-7-13(11-5-3-2-4-6-11)14(15(17)18)8-12(10)9-16/h2-6,9,13-14H,7-8H2,1H3/t13-,14+/m1/s1. The minimum absolute atomic E-state index is 0.134. The highest BCUT2D eigenvalue weighted by Gasteiger charge is 2.37. The molecule has 4 nitrogen and oxygen atoms in total. The summed E-state index contributed by atoms with van der Waals surface area (Å²) in [5.74, 6) is -0.134. The third kappa shape index (κ3) is 2.32. The van der Waals surface area contributed by atoms with Gasteiger partial charge in [-0.15, -0.1) is 0 Å². The van der Waals surface area contributed by atoms with Crippen molar-refractivity contribution in [3.63, 3.8) is 0 Å². The van der Waals surface area contributed by atoms with Gasteiger partial charge in [-0.25, -0.2) is 0 Å². The van der Waals surface area contributed by atoms with E-state index in [9.17, 15) is 14.9 Å². The van der Waals surface area contributed by atoms with Crippen LogP contribution in [-0.4, -0.2) is 17.3 Å². The van der Waals surface area contributed by atoms with Crippen LogP contribution in [0.3, 0.4) is 0 Å². The number of aldehydes is 1. The number of hydrogen-bond acceptors (Lipinski definition) is 3. The lowest BCUT2D eigenvalue weighted by Crippen LogP contribution is -2.32. The molecule has 94 valence electrons. The minimum atomic E-state index is -0.698. The van der Waals surface area contributed by atoms with E-state index in [-0.39, 0.29) is 17.3 Å². The lowest BCUT2D eigenvalue weighted by Gasteiger charge is -2.27. The molecular weight excluding hydrogens is 230 g/mol. The summed E-state index contributed by atoms with van der Waals surface area (Å²) >= 11 is 0. The topological polar surface area (TPSA) is 60.2 Å². The molecule has 0 aromatic heterocycles. The Hall–Kier alpha value is -1.97. The molecule has 0 bridgehead atoms. The lowest BCUT2D eigenvalue weighted by atomic mass is 9.77. The van der Waals surface area contributed by atoms with Crippen LogP contribution in [0, 0.1) is 10.1 Å². The number of benzene rings is 1. The minimum Gasteiger partial charge on any atom is -0.298 e. The van der Waals surface area contributed by atoms with Crippen LogP contribution < -0.4 is 0 Å². The SMILES string of the molecule is CC1=C(C=O)C[C@H]([N+](=O)[O-])[C@@H](c2ccccc2)C1. The van der Waals surface area contributed by atoms with Gasteiger partial charge in [-0.3, -0.25) is 14.9 Å². The molecule has 1 aromatic carbocycles. The number of nitro groups is 1. The maximum Gasteiger partial charge on any atom is 0.224 e. The van der Waals surface area contributed by atoms with Crippen LogP contribution in [-0.2, 0) is 4.79 Å². The first-order valence-electron chi connectivity index (χ1n) is 5.95. The number of carbonyl (C=O) groups excluding carboxylic acids is 1. The second-order valence-electron chi connectivity index (χ2n) is 4.70. The Morgan fingerprint density at radius 3 is 2.50 bits per heavy atom. The maximum atomic E-state index is 11.2. The largest absolute Gasteiger partial charge is 0.298 e. The number of rotatable bonds is 3. The number of nitrogens with zero attached hydrogens (tertiary/aromatic N) is 1. The van der Waals surface area contributed by atoms with Crippen molar-refractivity contribution in [3.8, 4) is 0 Å². The number of hydrogen-bond donors (Lipinski definition) is 0. The molecule has 4 heteroatoms. The fraction of sp³-hybridized carbons (Fsp3) is 0.357. The highest BCUT2D eigenvalue weighted by atomic mass is 16.6. The molecule has 0 radical (unpaired) electrons. The van der Waals surface area contributed by atoms with Crippen LogP contribution >= 0.6 is 0 Å². The van der Waals surface area contributed by atoms with Crippen molar-refractivity contribution < 1.29 is 9.72 Å². The van der Waals surface area contributed by atoms with E-state index >= 15 is 0 Å². The lowest BCUT2D eigenvalue weighted by molar-refractivity contribution is -0.527. The van der Waals surface area contributed by atoms with Gasteiger partial charge < -0.3 is 0 Å². The second-order valence-corrected chi connectivity index (χ2v) is 4.70. The summed E-state index contributed by atoms with van der Waals surface area (Å²) in [5.41, 5.74) is 2.53. The fourth-order valence-corrected chi connectivity index (χ4v) is 2.55. The summed E-state index contributed by atoms with van der Waals surface area (Å²) in [5, 5.41) is 11.2. The normalized spacial score (nSPS) is 23.8. The van der Waals surface area contributed by atoms with E-state index in [1.165, 1.54) is 0 Å². The van der Waals surface area contributed by atoms with Gasteiger partial charge in [-0.2, -0.15) is 0 Å². The van der Waals surface area contributed by atoms with Crippen molar-refractivity contribution in [1.82, 2.24) is 0 Å². The van der Waals surface area contributed by atoms with E-state index in [1.807, 2.05) is 37.3 Å². The molecule has 1 aromatic rings. The first kappa shape index (κ1) is 12.5. The van der Waals surface area contributed by atoms with Gasteiger partial charge in [-0.05, 0) is 24.5 Å². The van der Waals surface area contributed by atoms with E-state index in [0.29, 0.717) is 12.0 Å². The van der Waals surface area contributed by atoms with Gasteiger partial charge >= 0.3 is 0 Å². The van der Waals surface area contributed by atoms with E-state index in [1.54, 1.807) is 0 Å². The molecule has 2 rings (SSSR count). The summed E-state index contributed by atoms with van der Waals surface area (Å²) in [7, 11) is 0. The molecule has 1 aliphatic rings. The monoisotopic (exact) mass is 245 g/mol. The Kier molecular flexibility index (Phi) is 3.55. The highest BCUT2D eigenvalue weighted by molar-refractivity contribution is 5.75. The van der Waals surface area contributed by atoms with Gasteiger partial charge in [0.1, 0.15) is 6.29 Å². The quantitative estimate of drug-likeness (QED) is 0.467. The van der Waals surface area contributed by atoms with Crippen LogP contribution in [0.4, 0.5) is 0 Å². The average Bonchev–Trinajstić information content (AvgIpc) is 2.39. The Balaban J connectivity index is 2.37. The van der Waals surface area contributed by atoms with Gasteiger partial charge in [0.2, 0.25) is 6.04 Å². The summed E-state index contributed by atoms with van der Waals surface area (Å²) in [6, 6.07) is 8.81. The molecule has 0 heterocycles. The van der Waals surface area contributed by atoms with Crippen molar-refractivity contribution in [3.05, 3.63) is 57.2 Å². The molecule has 0 amide bonds. The van der Waals surface area contributed by atoms with Crippen molar-refractivity contribution in [2.45, 2.75) is 31.7 Å². The predicted molar refractivity (Wildman–Crippen MR) is 68.0 cm³/mol. The third-order valence-corrected chi connectivity index (χ3v) is 3.61. The zero-order chi connectivity index (χ0) is 13.1. The Bertz CT molecular complexity index is 493.